The maximum Gasteiger partial charge on any atom is 0.472 e. The molecule has 1 aliphatic heterocycles. The SMILES string of the molecule is CCCCOP(=O)(O)OC[C@H]1O[C@@H](n2cnc3c(N)ncnc32)[C@H](O)[C@@H]1O. The van der Waals surface area contributed by atoms with Crippen LogP contribution in [-0.4, -0.2) is 66.2 Å². The quantitative estimate of drug-likeness (QED) is 0.344. The van der Waals surface area contributed by atoms with Gasteiger partial charge in [0, 0.05) is 0 Å². The van der Waals surface area contributed by atoms with Crippen molar-refractivity contribution >= 4 is 24.8 Å². The number of ether oxygens (including phenoxy) is 1. The Morgan fingerprint density at radius 2 is 2.07 bits per heavy atom. The number of nitrogen functional groups attached to an aromatic ring is 1. The Hall–Kier alpha value is -1.66. The molecule has 0 amide bonds. The fourth-order valence-corrected chi connectivity index (χ4v) is 3.45. The second kappa shape index (κ2) is 8.15. The lowest BCUT2D eigenvalue weighted by Gasteiger charge is -2.17. The fraction of sp³-hybridized carbons (Fsp3) is 0.643. The Balaban J connectivity index is 1.68. The normalized spacial score (nSPS) is 27.9. The second-order valence-corrected chi connectivity index (χ2v) is 7.53. The molecular formula is C14H22N5O7P. The molecule has 3 rings (SSSR count). The number of aromatic nitrogens is 4. The molecular weight excluding hydrogens is 381 g/mol. The third kappa shape index (κ3) is 4.27. The molecule has 1 fully saturated rings. The summed E-state index contributed by atoms with van der Waals surface area (Å²) in [6, 6.07) is 0. The summed E-state index contributed by atoms with van der Waals surface area (Å²) in [6.07, 6.45) is -0.799. The first-order chi connectivity index (χ1) is 12.8. The number of imidazole rings is 1. The van der Waals surface area contributed by atoms with Crippen LogP contribution in [0.4, 0.5) is 5.82 Å². The van der Waals surface area contributed by atoms with Crippen molar-refractivity contribution in [1.82, 2.24) is 19.5 Å². The minimum absolute atomic E-state index is 0.0752. The number of hydrogen-bond donors (Lipinski definition) is 4. The van der Waals surface area contributed by atoms with Gasteiger partial charge in [0.2, 0.25) is 0 Å². The van der Waals surface area contributed by atoms with Crippen molar-refractivity contribution in [2.45, 2.75) is 44.3 Å². The van der Waals surface area contributed by atoms with E-state index in [-0.39, 0.29) is 12.4 Å². The van der Waals surface area contributed by atoms with Gasteiger partial charge in [-0.25, -0.2) is 19.5 Å². The van der Waals surface area contributed by atoms with Crippen LogP contribution in [0.2, 0.25) is 0 Å². The molecule has 150 valence electrons. The largest absolute Gasteiger partial charge is 0.472 e. The van der Waals surface area contributed by atoms with E-state index in [2.05, 4.69) is 15.0 Å². The molecule has 5 atom stereocenters. The lowest BCUT2D eigenvalue weighted by atomic mass is 10.1. The third-order valence-corrected chi connectivity index (χ3v) is 5.14. The molecule has 3 heterocycles. The first-order valence-electron chi connectivity index (χ1n) is 8.40. The van der Waals surface area contributed by atoms with E-state index in [9.17, 15) is 19.7 Å². The average Bonchev–Trinajstić information content (AvgIpc) is 3.17. The third-order valence-electron chi connectivity index (χ3n) is 4.15. The summed E-state index contributed by atoms with van der Waals surface area (Å²) < 4.78 is 28.5. The number of aliphatic hydroxyl groups excluding tert-OH is 2. The second-order valence-electron chi connectivity index (χ2n) is 6.08. The van der Waals surface area contributed by atoms with Crippen molar-refractivity contribution in [3.8, 4) is 0 Å². The summed E-state index contributed by atoms with van der Waals surface area (Å²) in [5.41, 5.74) is 6.37. The van der Waals surface area contributed by atoms with Gasteiger partial charge in [-0.1, -0.05) is 13.3 Å². The van der Waals surface area contributed by atoms with Crippen molar-refractivity contribution in [2.75, 3.05) is 18.9 Å². The Morgan fingerprint density at radius 1 is 1.30 bits per heavy atom. The standard InChI is InChI=1S/C14H22N5O7P/c1-2-3-4-24-27(22,23)25-5-8-10(20)11(21)14(26-8)19-7-18-9-12(15)16-6-17-13(9)19/h6-8,10-11,14,20-21H,2-5H2,1H3,(H,22,23)(H2,15,16,17)/t8-,10-,11-,14-/m1/s1. The van der Waals surface area contributed by atoms with Gasteiger partial charge in [0.1, 0.15) is 30.2 Å². The van der Waals surface area contributed by atoms with Crippen LogP contribution in [0.15, 0.2) is 12.7 Å². The monoisotopic (exact) mass is 403 g/mol. The van der Waals surface area contributed by atoms with E-state index in [4.69, 9.17) is 19.5 Å². The van der Waals surface area contributed by atoms with E-state index >= 15 is 0 Å². The predicted octanol–water partition coefficient (Wildman–Crippen LogP) is -0.0386. The highest BCUT2D eigenvalue weighted by Gasteiger charge is 2.45. The molecule has 1 saturated heterocycles. The average molecular weight is 403 g/mol. The smallest absolute Gasteiger partial charge is 0.387 e. The summed E-state index contributed by atoms with van der Waals surface area (Å²) in [4.78, 5) is 21.6. The molecule has 12 nitrogen and oxygen atoms in total. The molecule has 1 unspecified atom stereocenters. The first kappa shape index (κ1) is 20.1. The maximum absolute atomic E-state index is 11.8. The van der Waals surface area contributed by atoms with Crippen molar-refractivity contribution in [3.05, 3.63) is 12.7 Å². The number of aliphatic hydroxyl groups is 2. The highest BCUT2D eigenvalue weighted by atomic mass is 31.2. The number of nitrogens with zero attached hydrogens (tertiary/aromatic N) is 4. The molecule has 1 aliphatic rings. The number of nitrogens with two attached hydrogens (primary N) is 1. The van der Waals surface area contributed by atoms with Gasteiger partial charge in [-0.3, -0.25) is 13.6 Å². The highest BCUT2D eigenvalue weighted by Crippen LogP contribution is 2.44. The minimum Gasteiger partial charge on any atom is -0.387 e. The molecule has 27 heavy (non-hydrogen) atoms. The van der Waals surface area contributed by atoms with E-state index in [1.165, 1.54) is 17.2 Å². The molecule has 2 aromatic heterocycles. The maximum atomic E-state index is 11.8. The van der Waals surface area contributed by atoms with E-state index in [1.54, 1.807) is 0 Å². The Bertz CT molecular complexity index is 833. The minimum atomic E-state index is -4.28. The van der Waals surface area contributed by atoms with E-state index < -0.39 is 39.0 Å². The van der Waals surface area contributed by atoms with Crippen LogP contribution in [0.5, 0.6) is 0 Å². The van der Waals surface area contributed by atoms with Gasteiger partial charge in [0.05, 0.1) is 19.5 Å². The Morgan fingerprint density at radius 3 is 2.81 bits per heavy atom. The predicted molar refractivity (Wildman–Crippen MR) is 92.3 cm³/mol. The summed E-state index contributed by atoms with van der Waals surface area (Å²) in [5, 5.41) is 20.5. The van der Waals surface area contributed by atoms with Crippen LogP contribution in [-0.2, 0) is 18.3 Å². The number of hydrogen-bond acceptors (Lipinski definition) is 10. The highest BCUT2D eigenvalue weighted by molar-refractivity contribution is 7.47. The summed E-state index contributed by atoms with van der Waals surface area (Å²) in [6.45, 7) is 1.54. The van der Waals surface area contributed by atoms with Gasteiger partial charge < -0.3 is 25.6 Å². The first-order valence-corrected chi connectivity index (χ1v) is 9.90. The van der Waals surface area contributed by atoms with Crippen LogP contribution >= 0.6 is 7.82 Å². The van der Waals surface area contributed by atoms with Gasteiger partial charge >= 0.3 is 7.82 Å². The molecule has 0 bridgehead atoms. The van der Waals surface area contributed by atoms with Crippen molar-refractivity contribution in [1.29, 1.82) is 0 Å². The zero-order valence-corrected chi connectivity index (χ0v) is 15.5. The number of unbranched alkanes of at least 4 members (excludes halogenated alkanes) is 1. The molecule has 5 N–H and O–H groups in total. The molecule has 0 radical (unpaired) electrons. The zero-order valence-electron chi connectivity index (χ0n) is 14.6. The van der Waals surface area contributed by atoms with Gasteiger partial charge in [-0.2, -0.15) is 0 Å². The van der Waals surface area contributed by atoms with E-state index in [0.29, 0.717) is 17.6 Å². The summed E-state index contributed by atoms with van der Waals surface area (Å²) >= 11 is 0. The lowest BCUT2D eigenvalue weighted by Crippen LogP contribution is -2.33. The number of fused-ring (bicyclic) bond motifs is 1. The molecule has 0 aromatic carbocycles. The lowest BCUT2D eigenvalue weighted by molar-refractivity contribution is -0.0514. The van der Waals surface area contributed by atoms with Crippen molar-refractivity contribution < 1.29 is 33.5 Å². The van der Waals surface area contributed by atoms with Crippen LogP contribution in [0.1, 0.15) is 26.0 Å². The van der Waals surface area contributed by atoms with Crippen molar-refractivity contribution in [3.63, 3.8) is 0 Å². The number of phosphoric ester groups is 1. The van der Waals surface area contributed by atoms with Gasteiger partial charge in [0.25, 0.3) is 0 Å². The van der Waals surface area contributed by atoms with Crippen LogP contribution in [0.25, 0.3) is 11.2 Å². The Kier molecular flexibility index (Phi) is 6.06. The topological polar surface area (TPSA) is 175 Å². The van der Waals surface area contributed by atoms with Crippen LogP contribution in [0.3, 0.4) is 0 Å². The van der Waals surface area contributed by atoms with Crippen LogP contribution in [0, 0.1) is 0 Å². The van der Waals surface area contributed by atoms with E-state index in [1.807, 2.05) is 6.92 Å². The molecule has 2 aromatic rings. The van der Waals surface area contributed by atoms with Crippen LogP contribution < -0.4 is 5.73 Å². The Labute approximate surface area is 154 Å². The van der Waals surface area contributed by atoms with Gasteiger partial charge in [-0.05, 0) is 6.42 Å². The molecule has 13 heteroatoms. The number of rotatable bonds is 8. The summed E-state index contributed by atoms with van der Waals surface area (Å²) in [7, 11) is -4.28. The number of anilines is 1. The summed E-state index contributed by atoms with van der Waals surface area (Å²) in [5.74, 6) is 0.164. The molecule has 0 spiro atoms. The van der Waals surface area contributed by atoms with Gasteiger partial charge in [0.15, 0.2) is 17.7 Å². The van der Waals surface area contributed by atoms with Gasteiger partial charge in [-0.15, -0.1) is 0 Å². The molecule has 0 saturated carbocycles. The number of phosphoric acid groups is 1. The molecule has 0 aliphatic carbocycles. The fourth-order valence-electron chi connectivity index (χ4n) is 2.68. The van der Waals surface area contributed by atoms with Crippen molar-refractivity contribution in [2.24, 2.45) is 0 Å². The zero-order chi connectivity index (χ0) is 19.6. The van der Waals surface area contributed by atoms with E-state index in [0.717, 1.165) is 6.42 Å².